The molecule has 0 aliphatic carbocycles. The number of nitrogens with one attached hydrogen (secondary N) is 3. The van der Waals surface area contributed by atoms with Crippen molar-refractivity contribution in [1.29, 1.82) is 0 Å². The number of rotatable bonds is 2. The van der Waals surface area contributed by atoms with E-state index in [-0.39, 0.29) is 0 Å². The number of hydrogen-bond acceptors (Lipinski definition) is 2. The maximum Gasteiger partial charge on any atom is 0.343 e. The van der Waals surface area contributed by atoms with Gasteiger partial charge in [-0.25, -0.2) is 0 Å². The molecule has 1 rings (SSSR count). The molecule has 3 heteroatoms. The van der Waals surface area contributed by atoms with Crippen LogP contribution in [0.5, 0.6) is 0 Å². The van der Waals surface area contributed by atoms with Crippen LogP contribution in [-0.4, -0.2) is 25.6 Å². The van der Waals surface area contributed by atoms with Crippen molar-refractivity contribution < 1.29 is 4.99 Å². The summed E-state index contributed by atoms with van der Waals surface area (Å²) < 4.78 is 0. The molecule has 0 amide bonds. The van der Waals surface area contributed by atoms with Crippen LogP contribution in [-0.2, 0) is 0 Å². The van der Waals surface area contributed by atoms with Crippen LogP contribution in [0.1, 0.15) is 20.3 Å². The molecule has 1 aliphatic rings. The SMILES string of the molecule is CC(C)CNC1=[NH+]CCCN1. The zero-order valence-corrected chi connectivity index (χ0v) is 7.41. The predicted octanol–water partition coefficient (Wildman–Crippen LogP) is -1.34. The Balaban J connectivity index is 2.19. The molecule has 0 atom stereocenters. The van der Waals surface area contributed by atoms with Crippen LogP contribution in [0.3, 0.4) is 0 Å². The zero-order valence-electron chi connectivity index (χ0n) is 7.41. The Labute approximate surface area is 68.3 Å². The van der Waals surface area contributed by atoms with Crippen LogP contribution < -0.4 is 15.6 Å². The number of guanidine groups is 1. The second kappa shape index (κ2) is 4.21. The van der Waals surface area contributed by atoms with Gasteiger partial charge in [-0.15, -0.1) is 0 Å². The molecular formula is C8H18N3+. The van der Waals surface area contributed by atoms with Gasteiger partial charge >= 0.3 is 5.96 Å². The molecule has 0 radical (unpaired) electrons. The van der Waals surface area contributed by atoms with Crippen molar-refractivity contribution in [2.75, 3.05) is 19.6 Å². The molecule has 0 aromatic rings. The molecule has 0 saturated heterocycles. The lowest BCUT2D eigenvalue weighted by molar-refractivity contribution is -0.466. The van der Waals surface area contributed by atoms with Crippen LogP contribution in [0.15, 0.2) is 0 Å². The fourth-order valence-corrected chi connectivity index (χ4v) is 1.01. The highest BCUT2D eigenvalue weighted by molar-refractivity contribution is 5.73. The fraction of sp³-hybridized carbons (Fsp3) is 0.875. The van der Waals surface area contributed by atoms with E-state index in [0.29, 0.717) is 5.92 Å². The molecule has 0 bridgehead atoms. The van der Waals surface area contributed by atoms with Crippen molar-refractivity contribution in [2.24, 2.45) is 5.92 Å². The van der Waals surface area contributed by atoms with Crippen LogP contribution in [0.25, 0.3) is 0 Å². The average Bonchev–Trinajstić information content (AvgIpc) is 2.03. The van der Waals surface area contributed by atoms with Gasteiger partial charge in [0.2, 0.25) is 0 Å². The molecule has 3 nitrogen and oxygen atoms in total. The summed E-state index contributed by atoms with van der Waals surface area (Å²) in [5, 5.41) is 6.58. The molecule has 0 aromatic carbocycles. The smallest absolute Gasteiger partial charge is 0.278 e. The third-order valence-corrected chi connectivity index (χ3v) is 1.64. The molecule has 0 aromatic heterocycles. The maximum atomic E-state index is 3.32. The van der Waals surface area contributed by atoms with Gasteiger partial charge in [0.1, 0.15) is 0 Å². The van der Waals surface area contributed by atoms with Gasteiger partial charge in [-0.1, -0.05) is 13.8 Å². The first kappa shape index (κ1) is 8.37. The van der Waals surface area contributed by atoms with Crippen LogP contribution in [0.2, 0.25) is 0 Å². The molecule has 64 valence electrons. The van der Waals surface area contributed by atoms with E-state index in [1.165, 1.54) is 6.42 Å². The first-order valence-corrected chi connectivity index (χ1v) is 4.37. The summed E-state index contributed by atoms with van der Waals surface area (Å²) in [7, 11) is 0. The Morgan fingerprint density at radius 2 is 2.45 bits per heavy atom. The topological polar surface area (TPSA) is 38.0 Å². The van der Waals surface area contributed by atoms with E-state index in [1.54, 1.807) is 0 Å². The molecule has 11 heavy (non-hydrogen) atoms. The van der Waals surface area contributed by atoms with Crippen molar-refractivity contribution in [3.8, 4) is 0 Å². The van der Waals surface area contributed by atoms with Crippen molar-refractivity contribution in [1.82, 2.24) is 10.6 Å². The van der Waals surface area contributed by atoms with E-state index in [4.69, 9.17) is 0 Å². The van der Waals surface area contributed by atoms with E-state index in [1.807, 2.05) is 0 Å². The van der Waals surface area contributed by atoms with Crippen molar-refractivity contribution in [2.45, 2.75) is 20.3 Å². The highest BCUT2D eigenvalue weighted by atomic mass is 15.2. The molecule has 0 fully saturated rings. The van der Waals surface area contributed by atoms with Gasteiger partial charge in [-0.2, -0.15) is 0 Å². The summed E-state index contributed by atoms with van der Waals surface area (Å²) in [4.78, 5) is 3.27. The van der Waals surface area contributed by atoms with Gasteiger partial charge in [0, 0.05) is 6.42 Å². The number of hydrogen-bond donors (Lipinski definition) is 3. The summed E-state index contributed by atoms with van der Waals surface area (Å²) in [5.41, 5.74) is 0. The zero-order chi connectivity index (χ0) is 8.10. The predicted molar refractivity (Wildman–Crippen MR) is 46.3 cm³/mol. The van der Waals surface area contributed by atoms with Gasteiger partial charge < -0.3 is 0 Å². The Hall–Kier alpha value is -0.730. The third kappa shape index (κ3) is 3.25. The van der Waals surface area contributed by atoms with Crippen molar-refractivity contribution >= 4 is 5.96 Å². The molecule has 0 saturated carbocycles. The summed E-state index contributed by atoms with van der Waals surface area (Å²) in [6.07, 6.45) is 1.22. The monoisotopic (exact) mass is 156 g/mol. The Bertz CT molecular complexity index is 140. The standard InChI is InChI=1S/C8H17N3/c1-7(2)6-11-8-9-4-3-5-10-8/h7H,3-6H2,1-2H3,(H2,9,10,11)/p+1. The van der Waals surface area contributed by atoms with Gasteiger partial charge in [0.15, 0.2) is 0 Å². The maximum absolute atomic E-state index is 3.32. The van der Waals surface area contributed by atoms with E-state index in [0.717, 1.165) is 25.6 Å². The lowest BCUT2D eigenvalue weighted by atomic mass is 10.2. The van der Waals surface area contributed by atoms with Crippen LogP contribution in [0, 0.1) is 5.92 Å². The van der Waals surface area contributed by atoms with Gasteiger partial charge in [0.25, 0.3) is 0 Å². The Morgan fingerprint density at radius 3 is 3.00 bits per heavy atom. The highest BCUT2D eigenvalue weighted by Gasteiger charge is 2.09. The van der Waals surface area contributed by atoms with Crippen molar-refractivity contribution in [3.63, 3.8) is 0 Å². The minimum absolute atomic E-state index is 0.702. The van der Waals surface area contributed by atoms with Crippen LogP contribution in [0.4, 0.5) is 0 Å². The second-order valence-corrected chi connectivity index (χ2v) is 3.36. The fourth-order valence-electron chi connectivity index (χ4n) is 1.01. The average molecular weight is 156 g/mol. The summed E-state index contributed by atoms with van der Waals surface area (Å²) in [5.74, 6) is 1.80. The minimum Gasteiger partial charge on any atom is -0.278 e. The Morgan fingerprint density at radius 1 is 1.64 bits per heavy atom. The van der Waals surface area contributed by atoms with Gasteiger partial charge in [-0.05, 0) is 5.92 Å². The minimum atomic E-state index is 0.702. The Kier molecular flexibility index (Phi) is 3.20. The van der Waals surface area contributed by atoms with E-state index in [2.05, 4.69) is 29.5 Å². The van der Waals surface area contributed by atoms with E-state index >= 15 is 0 Å². The van der Waals surface area contributed by atoms with Crippen LogP contribution >= 0.6 is 0 Å². The molecule has 1 heterocycles. The summed E-state index contributed by atoms with van der Waals surface area (Å²) in [6, 6.07) is 0. The lowest BCUT2D eigenvalue weighted by Gasteiger charge is -2.10. The molecule has 1 aliphatic heterocycles. The van der Waals surface area contributed by atoms with E-state index in [9.17, 15) is 0 Å². The first-order valence-electron chi connectivity index (χ1n) is 4.37. The molecule has 0 unspecified atom stereocenters. The largest absolute Gasteiger partial charge is 0.343 e. The first-order chi connectivity index (χ1) is 5.29. The van der Waals surface area contributed by atoms with E-state index < -0.39 is 0 Å². The van der Waals surface area contributed by atoms with Gasteiger partial charge in [-0.3, -0.25) is 15.6 Å². The second-order valence-electron chi connectivity index (χ2n) is 3.36. The normalized spacial score (nSPS) is 17.5. The molecule has 0 spiro atoms. The van der Waals surface area contributed by atoms with Crippen molar-refractivity contribution in [3.05, 3.63) is 0 Å². The highest BCUT2D eigenvalue weighted by Crippen LogP contribution is 1.85. The third-order valence-electron chi connectivity index (χ3n) is 1.64. The summed E-state index contributed by atoms with van der Waals surface area (Å²) >= 11 is 0. The lowest BCUT2D eigenvalue weighted by Crippen LogP contribution is -2.82. The van der Waals surface area contributed by atoms with Gasteiger partial charge in [0.05, 0.1) is 19.6 Å². The quantitative estimate of drug-likeness (QED) is 0.463. The molecule has 3 N–H and O–H groups in total. The summed E-state index contributed by atoms with van der Waals surface area (Å²) in [6.45, 7) is 7.63. The molecular weight excluding hydrogens is 138 g/mol.